The summed E-state index contributed by atoms with van der Waals surface area (Å²) in [6.45, 7) is 5.60. The first-order valence-electron chi connectivity index (χ1n) is 6.88. The van der Waals surface area contributed by atoms with E-state index in [1.54, 1.807) is 0 Å². The summed E-state index contributed by atoms with van der Waals surface area (Å²) in [4.78, 5) is 14.0. The normalized spacial score (nSPS) is 18.1. The number of hydrogen-bond donors (Lipinski definition) is 1. The van der Waals surface area contributed by atoms with Gasteiger partial charge in [-0.15, -0.1) is 0 Å². The fourth-order valence-corrected chi connectivity index (χ4v) is 2.59. The van der Waals surface area contributed by atoms with Gasteiger partial charge in [-0.1, -0.05) is 33.1 Å². The summed E-state index contributed by atoms with van der Waals surface area (Å²) in [5.41, 5.74) is 5.73. The molecule has 0 aromatic rings. The molecule has 0 aromatic carbocycles. The Bertz CT molecular complexity index is 245. The second-order valence-corrected chi connectivity index (χ2v) is 6.33. The molecule has 1 rings (SSSR count). The Labute approximate surface area is 106 Å². The summed E-state index contributed by atoms with van der Waals surface area (Å²) >= 11 is 0. The molecule has 1 aliphatic rings. The molecule has 100 valence electrons. The van der Waals surface area contributed by atoms with Crippen molar-refractivity contribution >= 4 is 5.91 Å². The summed E-state index contributed by atoms with van der Waals surface area (Å²) < 4.78 is 0. The lowest BCUT2D eigenvalue weighted by Crippen LogP contribution is -2.40. The van der Waals surface area contributed by atoms with Gasteiger partial charge in [0.1, 0.15) is 0 Å². The Balaban J connectivity index is 2.35. The highest BCUT2D eigenvalue weighted by atomic mass is 16.2. The van der Waals surface area contributed by atoms with Gasteiger partial charge in [-0.05, 0) is 30.7 Å². The fraction of sp³-hybridized carbons (Fsp3) is 0.929. The molecule has 0 radical (unpaired) electrons. The molecule has 1 aliphatic carbocycles. The summed E-state index contributed by atoms with van der Waals surface area (Å²) in [7, 11) is 1.91. The van der Waals surface area contributed by atoms with E-state index in [1.807, 2.05) is 11.9 Å². The van der Waals surface area contributed by atoms with Crippen molar-refractivity contribution in [1.82, 2.24) is 4.90 Å². The predicted molar refractivity (Wildman–Crippen MR) is 71.7 cm³/mol. The molecular weight excluding hydrogens is 212 g/mol. The van der Waals surface area contributed by atoms with E-state index in [4.69, 9.17) is 5.73 Å². The largest absolute Gasteiger partial charge is 0.345 e. The maximum Gasteiger partial charge on any atom is 0.222 e. The van der Waals surface area contributed by atoms with Crippen molar-refractivity contribution in [3.8, 4) is 0 Å². The van der Waals surface area contributed by atoms with E-state index < -0.39 is 0 Å². The molecule has 0 aromatic heterocycles. The van der Waals surface area contributed by atoms with Gasteiger partial charge < -0.3 is 10.6 Å². The summed E-state index contributed by atoms with van der Waals surface area (Å²) in [6.07, 6.45) is 7.16. The zero-order chi connectivity index (χ0) is 12.9. The van der Waals surface area contributed by atoms with Crippen LogP contribution in [0.1, 0.15) is 52.4 Å². The zero-order valence-electron chi connectivity index (χ0n) is 11.7. The van der Waals surface area contributed by atoms with Gasteiger partial charge in [0, 0.05) is 20.0 Å². The average molecular weight is 240 g/mol. The number of hydrogen-bond acceptors (Lipinski definition) is 2. The first kappa shape index (κ1) is 14.5. The lowest BCUT2D eigenvalue weighted by atomic mass is 9.86. The smallest absolute Gasteiger partial charge is 0.222 e. The molecule has 0 aliphatic heterocycles. The molecule has 1 fully saturated rings. The third kappa shape index (κ3) is 5.07. The van der Waals surface area contributed by atoms with Gasteiger partial charge in [0.25, 0.3) is 0 Å². The van der Waals surface area contributed by atoms with Gasteiger partial charge in [0.2, 0.25) is 5.91 Å². The molecule has 3 heteroatoms. The standard InChI is InChI=1S/C14H28N2O/c1-14(2,10-15)11-16(3)13(17)9-12-7-5-4-6-8-12/h12H,4-11,15H2,1-3H3. The van der Waals surface area contributed by atoms with E-state index in [0.717, 1.165) is 13.0 Å². The van der Waals surface area contributed by atoms with Crippen LogP contribution in [0, 0.1) is 11.3 Å². The lowest BCUT2D eigenvalue weighted by molar-refractivity contribution is -0.132. The molecular formula is C14H28N2O. The second kappa shape index (κ2) is 6.39. The van der Waals surface area contributed by atoms with Crippen LogP contribution in [-0.2, 0) is 4.79 Å². The number of amides is 1. The Morgan fingerprint density at radius 2 is 1.88 bits per heavy atom. The lowest BCUT2D eigenvalue weighted by Gasteiger charge is -2.30. The molecule has 0 spiro atoms. The fourth-order valence-electron chi connectivity index (χ4n) is 2.59. The monoisotopic (exact) mass is 240 g/mol. The topological polar surface area (TPSA) is 46.3 Å². The highest BCUT2D eigenvalue weighted by Crippen LogP contribution is 2.27. The van der Waals surface area contributed by atoms with Gasteiger partial charge in [-0.25, -0.2) is 0 Å². The van der Waals surface area contributed by atoms with Crippen LogP contribution in [0.15, 0.2) is 0 Å². The van der Waals surface area contributed by atoms with Crippen molar-refractivity contribution in [2.45, 2.75) is 52.4 Å². The van der Waals surface area contributed by atoms with E-state index in [9.17, 15) is 4.79 Å². The minimum absolute atomic E-state index is 0.0248. The highest BCUT2D eigenvalue weighted by molar-refractivity contribution is 5.76. The summed E-state index contributed by atoms with van der Waals surface area (Å²) in [5.74, 6) is 0.915. The van der Waals surface area contributed by atoms with Crippen molar-refractivity contribution in [3.63, 3.8) is 0 Å². The van der Waals surface area contributed by atoms with Crippen molar-refractivity contribution in [2.24, 2.45) is 17.1 Å². The number of carbonyl (C=O) groups is 1. The number of carbonyl (C=O) groups excluding carboxylic acids is 1. The first-order chi connectivity index (χ1) is 7.94. The van der Waals surface area contributed by atoms with Crippen molar-refractivity contribution in [1.29, 1.82) is 0 Å². The first-order valence-corrected chi connectivity index (χ1v) is 6.88. The second-order valence-electron chi connectivity index (χ2n) is 6.33. The Morgan fingerprint density at radius 3 is 2.41 bits per heavy atom. The number of nitrogens with zero attached hydrogens (tertiary/aromatic N) is 1. The Hall–Kier alpha value is -0.570. The van der Waals surface area contributed by atoms with Crippen molar-refractivity contribution in [2.75, 3.05) is 20.1 Å². The third-order valence-electron chi connectivity index (χ3n) is 3.83. The van der Waals surface area contributed by atoms with Crippen molar-refractivity contribution < 1.29 is 4.79 Å². The molecule has 2 N–H and O–H groups in total. The maximum atomic E-state index is 12.1. The number of rotatable bonds is 5. The minimum Gasteiger partial charge on any atom is -0.345 e. The SMILES string of the molecule is CN(CC(C)(C)CN)C(=O)CC1CCCCC1. The Morgan fingerprint density at radius 1 is 1.29 bits per heavy atom. The van der Waals surface area contributed by atoms with Gasteiger partial charge in [-0.3, -0.25) is 4.79 Å². The van der Waals surface area contributed by atoms with Crippen LogP contribution >= 0.6 is 0 Å². The highest BCUT2D eigenvalue weighted by Gasteiger charge is 2.23. The van der Waals surface area contributed by atoms with Crippen LogP contribution in [0.3, 0.4) is 0 Å². The average Bonchev–Trinajstić information content (AvgIpc) is 2.30. The van der Waals surface area contributed by atoms with E-state index in [-0.39, 0.29) is 5.41 Å². The molecule has 1 amide bonds. The van der Waals surface area contributed by atoms with Gasteiger partial charge in [-0.2, -0.15) is 0 Å². The minimum atomic E-state index is 0.0248. The van der Waals surface area contributed by atoms with Gasteiger partial charge >= 0.3 is 0 Å². The number of nitrogens with two attached hydrogens (primary N) is 1. The van der Waals surface area contributed by atoms with Crippen LogP contribution < -0.4 is 5.73 Å². The van der Waals surface area contributed by atoms with E-state index in [2.05, 4.69) is 13.8 Å². The van der Waals surface area contributed by atoms with Crippen molar-refractivity contribution in [3.05, 3.63) is 0 Å². The summed E-state index contributed by atoms with van der Waals surface area (Å²) in [6, 6.07) is 0. The van der Waals surface area contributed by atoms with Crippen LogP contribution in [0.2, 0.25) is 0 Å². The molecule has 3 nitrogen and oxygen atoms in total. The third-order valence-corrected chi connectivity index (χ3v) is 3.83. The Kier molecular flexibility index (Phi) is 5.44. The van der Waals surface area contributed by atoms with E-state index >= 15 is 0 Å². The summed E-state index contributed by atoms with van der Waals surface area (Å²) in [5, 5.41) is 0. The molecule has 0 atom stereocenters. The van der Waals surface area contributed by atoms with E-state index in [0.29, 0.717) is 18.4 Å². The van der Waals surface area contributed by atoms with Crippen LogP contribution in [0.5, 0.6) is 0 Å². The maximum absolute atomic E-state index is 12.1. The quantitative estimate of drug-likeness (QED) is 0.802. The molecule has 0 bridgehead atoms. The van der Waals surface area contributed by atoms with E-state index in [1.165, 1.54) is 32.1 Å². The van der Waals surface area contributed by atoms with Gasteiger partial charge in [0.15, 0.2) is 0 Å². The van der Waals surface area contributed by atoms with Crippen LogP contribution in [0.25, 0.3) is 0 Å². The molecule has 17 heavy (non-hydrogen) atoms. The zero-order valence-corrected chi connectivity index (χ0v) is 11.7. The van der Waals surface area contributed by atoms with Crippen LogP contribution in [-0.4, -0.2) is 30.9 Å². The predicted octanol–water partition coefficient (Wildman–Crippen LogP) is 2.40. The van der Waals surface area contributed by atoms with Crippen LogP contribution in [0.4, 0.5) is 0 Å². The molecule has 0 unspecified atom stereocenters. The molecule has 1 saturated carbocycles. The molecule has 0 heterocycles. The van der Waals surface area contributed by atoms with Gasteiger partial charge in [0.05, 0.1) is 0 Å². The molecule has 0 saturated heterocycles.